The summed E-state index contributed by atoms with van der Waals surface area (Å²) in [6.07, 6.45) is 5.40. The Hall–Kier alpha value is -2.63. The van der Waals surface area contributed by atoms with Crippen molar-refractivity contribution < 1.29 is 23.6 Å². The molecule has 138 valence electrons. The molecule has 0 bridgehead atoms. The van der Waals surface area contributed by atoms with Crippen LogP contribution in [0.15, 0.2) is 36.8 Å². The van der Waals surface area contributed by atoms with Gasteiger partial charge >= 0.3 is 11.9 Å². The van der Waals surface area contributed by atoms with E-state index < -0.39 is 0 Å². The van der Waals surface area contributed by atoms with E-state index in [1.165, 1.54) is 0 Å². The van der Waals surface area contributed by atoms with Gasteiger partial charge in [-0.3, -0.25) is 4.79 Å². The first kappa shape index (κ1) is 18.2. The third kappa shape index (κ3) is 3.79. The number of carbonyl (C=O) groups excluding carboxylic acids is 2. The molecular formula is C20H25N2O4+. The van der Waals surface area contributed by atoms with Gasteiger partial charge in [0, 0.05) is 12.3 Å². The van der Waals surface area contributed by atoms with Crippen LogP contribution in [0.2, 0.25) is 0 Å². The van der Waals surface area contributed by atoms with Gasteiger partial charge in [0.25, 0.3) is 0 Å². The Morgan fingerprint density at radius 1 is 1.38 bits per heavy atom. The summed E-state index contributed by atoms with van der Waals surface area (Å²) in [6.45, 7) is 4.53. The van der Waals surface area contributed by atoms with Crippen LogP contribution in [0.5, 0.6) is 0 Å². The van der Waals surface area contributed by atoms with Crippen LogP contribution in [-0.4, -0.2) is 23.1 Å². The van der Waals surface area contributed by atoms with Gasteiger partial charge in [0.15, 0.2) is 0 Å². The molecule has 1 saturated heterocycles. The molecule has 0 N–H and O–H groups in total. The van der Waals surface area contributed by atoms with E-state index in [9.17, 15) is 9.59 Å². The van der Waals surface area contributed by atoms with Crippen molar-refractivity contribution >= 4 is 11.9 Å². The van der Waals surface area contributed by atoms with Crippen LogP contribution < -0.4 is 4.57 Å². The largest absolute Gasteiger partial charge is 0.465 e. The van der Waals surface area contributed by atoms with Crippen molar-refractivity contribution in [2.75, 3.05) is 6.61 Å². The Morgan fingerprint density at radius 2 is 2.15 bits per heavy atom. The molecule has 3 rings (SSSR count). The summed E-state index contributed by atoms with van der Waals surface area (Å²) in [5, 5.41) is 0. The molecule has 1 aromatic heterocycles. The lowest BCUT2D eigenvalue weighted by atomic mass is 9.89. The summed E-state index contributed by atoms with van der Waals surface area (Å²) in [4.78, 5) is 24.0. The zero-order chi connectivity index (χ0) is 18.7. The van der Waals surface area contributed by atoms with Crippen molar-refractivity contribution in [1.29, 1.82) is 0 Å². The molecule has 0 aliphatic carbocycles. The number of nitrogens with zero attached hydrogens (tertiary/aromatic N) is 2. The number of esters is 2. The minimum atomic E-state index is -0.332. The predicted molar refractivity (Wildman–Crippen MR) is 94.1 cm³/mol. The number of cyclic esters (lactones) is 1. The fraction of sp³-hybridized carbons (Fsp3) is 0.450. The first-order valence-corrected chi connectivity index (χ1v) is 8.93. The van der Waals surface area contributed by atoms with E-state index >= 15 is 0 Å². The molecule has 1 aliphatic heterocycles. The lowest BCUT2D eigenvalue weighted by molar-refractivity contribution is -0.726. The first-order valence-electron chi connectivity index (χ1n) is 8.93. The molecule has 1 aromatic carbocycles. The van der Waals surface area contributed by atoms with E-state index in [0.29, 0.717) is 12.2 Å². The first-order chi connectivity index (χ1) is 12.5. The number of aromatic nitrogens is 2. The van der Waals surface area contributed by atoms with Gasteiger partial charge in [0.05, 0.1) is 25.1 Å². The fourth-order valence-electron chi connectivity index (χ4n) is 3.47. The zero-order valence-corrected chi connectivity index (χ0v) is 15.5. The second-order valence-electron chi connectivity index (χ2n) is 6.85. The SMILES string of the molecule is CC[C@@H]1C(=O)OC[C@@H]1Cc1c[n+](COC(=O)c2ccccc2C)cn1C. The maximum absolute atomic E-state index is 12.2. The Balaban J connectivity index is 1.62. The maximum Gasteiger partial charge on any atom is 0.341 e. The zero-order valence-electron chi connectivity index (χ0n) is 15.5. The van der Waals surface area contributed by atoms with E-state index in [4.69, 9.17) is 9.47 Å². The molecule has 2 heterocycles. The second-order valence-corrected chi connectivity index (χ2v) is 6.85. The Labute approximate surface area is 153 Å². The molecule has 1 fully saturated rings. The van der Waals surface area contributed by atoms with Crippen LogP contribution in [0.1, 0.15) is 35.0 Å². The highest BCUT2D eigenvalue weighted by Gasteiger charge is 2.36. The third-order valence-electron chi connectivity index (χ3n) is 5.02. The van der Waals surface area contributed by atoms with Gasteiger partial charge in [0.1, 0.15) is 11.9 Å². The van der Waals surface area contributed by atoms with Gasteiger partial charge in [-0.2, -0.15) is 0 Å². The minimum absolute atomic E-state index is 0.0303. The molecule has 6 nitrogen and oxygen atoms in total. The minimum Gasteiger partial charge on any atom is -0.465 e. The Kier molecular flexibility index (Phi) is 5.40. The number of hydrogen-bond acceptors (Lipinski definition) is 4. The highest BCUT2D eigenvalue weighted by molar-refractivity contribution is 5.90. The smallest absolute Gasteiger partial charge is 0.341 e. The molecule has 0 unspecified atom stereocenters. The highest BCUT2D eigenvalue weighted by Crippen LogP contribution is 2.27. The van der Waals surface area contributed by atoms with Crippen molar-refractivity contribution in [1.82, 2.24) is 4.57 Å². The van der Waals surface area contributed by atoms with Crippen molar-refractivity contribution in [3.05, 3.63) is 53.6 Å². The van der Waals surface area contributed by atoms with Crippen molar-refractivity contribution in [2.24, 2.45) is 18.9 Å². The van der Waals surface area contributed by atoms with E-state index in [-0.39, 0.29) is 30.5 Å². The topological polar surface area (TPSA) is 61.4 Å². The van der Waals surface area contributed by atoms with E-state index in [1.807, 2.05) is 60.8 Å². The number of benzene rings is 1. The number of ether oxygens (including phenoxy) is 2. The molecule has 0 spiro atoms. The lowest BCUT2D eigenvalue weighted by Gasteiger charge is -2.10. The summed E-state index contributed by atoms with van der Waals surface area (Å²) in [7, 11) is 1.95. The van der Waals surface area contributed by atoms with Gasteiger partial charge in [0.2, 0.25) is 13.1 Å². The molecule has 2 aromatic rings. The van der Waals surface area contributed by atoms with Gasteiger partial charge in [-0.05, 0) is 25.0 Å². The molecule has 1 aliphatic rings. The third-order valence-corrected chi connectivity index (χ3v) is 5.02. The van der Waals surface area contributed by atoms with E-state index in [0.717, 1.165) is 24.1 Å². The van der Waals surface area contributed by atoms with Gasteiger partial charge in [-0.1, -0.05) is 25.1 Å². The molecule has 6 heteroatoms. The van der Waals surface area contributed by atoms with Gasteiger partial charge in [-0.25, -0.2) is 13.9 Å². The quantitative estimate of drug-likeness (QED) is 0.587. The summed E-state index contributed by atoms with van der Waals surface area (Å²) < 4.78 is 14.5. The normalized spacial score (nSPS) is 19.4. The standard InChI is InChI=1S/C20H25N2O4/c1-4-17-15(11-25-19(17)23)9-16-10-22(12-21(16)3)13-26-20(24)18-8-6-5-7-14(18)2/h5-8,10,12,15,17H,4,9,11,13H2,1-3H3/q+1/t15-,17-/m0/s1. The average Bonchev–Trinajstić information content (AvgIpc) is 3.15. The summed E-state index contributed by atoms with van der Waals surface area (Å²) >= 11 is 0. The fourth-order valence-corrected chi connectivity index (χ4v) is 3.47. The van der Waals surface area contributed by atoms with Crippen molar-refractivity contribution in [2.45, 2.75) is 33.4 Å². The van der Waals surface area contributed by atoms with Crippen molar-refractivity contribution in [3.8, 4) is 0 Å². The monoisotopic (exact) mass is 357 g/mol. The second kappa shape index (κ2) is 7.72. The van der Waals surface area contributed by atoms with Crippen molar-refractivity contribution in [3.63, 3.8) is 0 Å². The van der Waals surface area contributed by atoms with E-state index in [2.05, 4.69) is 0 Å². The van der Waals surface area contributed by atoms with Crippen LogP contribution in [0, 0.1) is 18.8 Å². The molecule has 2 atom stereocenters. The van der Waals surface area contributed by atoms with E-state index in [1.54, 1.807) is 6.07 Å². The van der Waals surface area contributed by atoms with Gasteiger partial charge < -0.3 is 9.47 Å². The maximum atomic E-state index is 12.2. The van der Waals surface area contributed by atoms with Gasteiger partial charge in [-0.15, -0.1) is 0 Å². The summed E-state index contributed by atoms with van der Waals surface area (Å²) in [5.74, 6) is -0.255. The number of imidazole rings is 1. The Morgan fingerprint density at radius 3 is 2.88 bits per heavy atom. The van der Waals surface area contributed by atoms with Crippen LogP contribution in [-0.2, 0) is 34.5 Å². The number of aryl methyl sites for hydroxylation is 2. The summed E-state index contributed by atoms with van der Waals surface area (Å²) in [5.41, 5.74) is 2.56. The number of rotatable bonds is 6. The predicted octanol–water partition coefficient (Wildman–Crippen LogP) is 2.18. The molecular weight excluding hydrogens is 332 g/mol. The molecule has 0 radical (unpaired) electrons. The number of carbonyl (C=O) groups is 2. The van der Waals surface area contributed by atoms with Crippen LogP contribution >= 0.6 is 0 Å². The molecule has 0 amide bonds. The van der Waals surface area contributed by atoms with Crippen LogP contribution in [0.4, 0.5) is 0 Å². The highest BCUT2D eigenvalue weighted by atomic mass is 16.5. The Bertz CT molecular complexity index is 812. The van der Waals surface area contributed by atoms with Crippen LogP contribution in [0.25, 0.3) is 0 Å². The molecule has 26 heavy (non-hydrogen) atoms. The molecule has 0 saturated carbocycles. The average molecular weight is 357 g/mol. The lowest BCUT2D eigenvalue weighted by Crippen LogP contribution is -2.34. The summed E-state index contributed by atoms with van der Waals surface area (Å²) in [6, 6.07) is 7.37. The number of hydrogen-bond donors (Lipinski definition) is 0. The van der Waals surface area contributed by atoms with Crippen LogP contribution in [0.3, 0.4) is 0 Å².